The molecule has 2 aromatic carbocycles. The predicted octanol–water partition coefficient (Wildman–Crippen LogP) is 3.69. The fourth-order valence-electron chi connectivity index (χ4n) is 4.30. The number of esters is 1. The lowest BCUT2D eigenvalue weighted by Crippen LogP contribution is -2.50. The fourth-order valence-corrected chi connectivity index (χ4v) is 4.30. The molecule has 0 saturated carbocycles. The zero-order valence-corrected chi connectivity index (χ0v) is 15.9. The first-order chi connectivity index (χ1) is 13.7. The summed E-state index contributed by atoms with van der Waals surface area (Å²) in [6.45, 7) is 2.84. The lowest BCUT2D eigenvalue weighted by Gasteiger charge is -2.42. The van der Waals surface area contributed by atoms with E-state index < -0.39 is 0 Å². The second-order valence-electron chi connectivity index (χ2n) is 7.12. The molecule has 0 radical (unpaired) electrons. The SMILES string of the molecule is CCOC(=O)[C@H]1C[C@@H]2N(Cc3ccccc3)C=C(C#N)[C@H]1N2c1ccccc1. The minimum atomic E-state index is -0.350. The van der Waals surface area contributed by atoms with Crippen molar-refractivity contribution in [1.82, 2.24) is 4.90 Å². The number of anilines is 1. The van der Waals surface area contributed by atoms with E-state index in [0.29, 0.717) is 25.1 Å². The third kappa shape index (κ3) is 3.22. The smallest absolute Gasteiger partial charge is 0.311 e. The van der Waals surface area contributed by atoms with Crippen LogP contribution in [0.3, 0.4) is 0 Å². The van der Waals surface area contributed by atoms with Gasteiger partial charge in [0.05, 0.1) is 30.2 Å². The highest BCUT2D eigenvalue weighted by atomic mass is 16.5. The van der Waals surface area contributed by atoms with Crippen LogP contribution in [0.5, 0.6) is 0 Å². The molecule has 5 heteroatoms. The van der Waals surface area contributed by atoms with Crippen molar-refractivity contribution in [2.45, 2.75) is 32.1 Å². The van der Waals surface area contributed by atoms with E-state index in [1.54, 1.807) is 0 Å². The summed E-state index contributed by atoms with van der Waals surface area (Å²) in [4.78, 5) is 17.1. The maximum atomic E-state index is 12.7. The van der Waals surface area contributed by atoms with E-state index in [1.807, 2.05) is 61.7 Å². The monoisotopic (exact) mass is 373 g/mol. The van der Waals surface area contributed by atoms with Gasteiger partial charge < -0.3 is 14.5 Å². The van der Waals surface area contributed by atoms with Gasteiger partial charge in [-0.25, -0.2) is 0 Å². The number of benzene rings is 2. The summed E-state index contributed by atoms with van der Waals surface area (Å²) in [6.07, 6.45) is 2.56. The van der Waals surface area contributed by atoms with Gasteiger partial charge in [0.25, 0.3) is 0 Å². The number of hydrogen-bond donors (Lipinski definition) is 0. The Hall–Kier alpha value is -3.26. The molecule has 0 amide bonds. The van der Waals surface area contributed by atoms with Gasteiger partial charge in [-0.1, -0.05) is 48.5 Å². The van der Waals surface area contributed by atoms with E-state index in [4.69, 9.17) is 4.74 Å². The first-order valence-electron chi connectivity index (χ1n) is 9.64. The molecule has 2 aliphatic heterocycles. The quantitative estimate of drug-likeness (QED) is 0.748. The molecule has 2 aliphatic rings. The van der Waals surface area contributed by atoms with Crippen LogP contribution in [0.2, 0.25) is 0 Å². The van der Waals surface area contributed by atoms with E-state index in [0.717, 1.165) is 5.69 Å². The first kappa shape index (κ1) is 18.1. The third-order valence-electron chi connectivity index (χ3n) is 5.45. The van der Waals surface area contributed by atoms with Crippen LogP contribution >= 0.6 is 0 Å². The second-order valence-corrected chi connectivity index (χ2v) is 7.12. The number of carbonyl (C=O) groups excluding carboxylic acids is 1. The molecule has 1 saturated heterocycles. The number of carbonyl (C=O) groups is 1. The summed E-state index contributed by atoms with van der Waals surface area (Å²) >= 11 is 0. The second kappa shape index (κ2) is 7.77. The molecule has 4 rings (SSSR count). The molecule has 142 valence electrons. The highest BCUT2D eigenvalue weighted by Crippen LogP contribution is 2.43. The Balaban J connectivity index is 1.74. The number of fused-ring (bicyclic) bond motifs is 2. The number of para-hydroxylation sites is 1. The van der Waals surface area contributed by atoms with Crippen molar-refractivity contribution in [3.05, 3.63) is 78.0 Å². The highest BCUT2D eigenvalue weighted by molar-refractivity contribution is 5.77. The van der Waals surface area contributed by atoms with Crippen molar-refractivity contribution in [2.75, 3.05) is 11.5 Å². The molecule has 1 fully saturated rings. The van der Waals surface area contributed by atoms with E-state index in [1.165, 1.54) is 5.56 Å². The Bertz CT molecular complexity index is 904. The third-order valence-corrected chi connectivity index (χ3v) is 5.45. The maximum absolute atomic E-state index is 12.7. The normalized spacial score (nSPS) is 23.1. The number of hydrogen-bond acceptors (Lipinski definition) is 5. The Morgan fingerprint density at radius 3 is 2.46 bits per heavy atom. The lowest BCUT2D eigenvalue weighted by molar-refractivity contribution is -0.147. The van der Waals surface area contributed by atoms with E-state index in [2.05, 4.69) is 28.0 Å². The number of nitriles is 1. The molecule has 0 N–H and O–H groups in total. The summed E-state index contributed by atoms with van der Waals surface area (Å²) in [6, 6.07) is 22.3. The zero-order chi connectivity index (χ0) is 19.5. The molecule has 0 unspecified atom stereocenters. The summed E-state index contributed by atoms with van der Waals surface area (Å²) in [5.41, 5.74) is 2.79. The Kier molecular flexibility index (Phi) is 5.03. The molecule has 0 aliphatic carbocycles. The van der Waals surface area contributed by atoms with Crippen LogP contribution in [-0.4, -0.2) is 29.7 Å². The average Bonchev–Trinajstić information content (AvgIpc) is 3.06. The zero-order valence-electron chi connectivity index (χ0n) is 15.9. The number of nitrogens with zero attached hydrogens (tertiary/aromatic N) is 3. The van der Waals surface area contributed by atoms with Gasteiger partial charge in [0.1, 0.15) is 6.17 Å². The first-order valence-corrected chi connectivity index (χ1v) is 9.64. The summed E-state index contributed by atoms with van der Waals surface area (Å²) < 4.78 is 5.34. The van der Waals surface area contributed by atoms with Crippen LogP contribution in [0.25, 0.3) is 0 Å². The Labute approximate surface area is 165 Å². The molecule has 0 aromatic heterocycles. The summed E-state index contributed by atoms with van der Waals surface area (Å²) in [5.74, 6) is -0.574. The molecule has 3 atom stereocenters. The van der Waals surface area contributed by atoms with Crippen molar-refractivity contribution >= 4 is 11.7 Å². The fraction of sp³-hybridized carbons (Fsp3) is 0.304. The van der Waals surface area contributed by atoms with Crippen molar-refractivity contribution in [3.8, 4) is 6.07 Å². The van der Waals surface area contributed by atoms with E-state index >= 15 is 0 Å². The molecular weight excluding hydrogens is 350 g/mol. The van der Waals surface area contributed by atoms with Gasteiger partial charge in [0.2, 0.25) is 0 Å². The van der Waals surface area contributed by atoms with Gasteiger partial charge in [0, 0.05) is 24.9 Å². The standard InChI is InChI=1S/C23H23N3O2/c1-2-28-23(27)20-13-21-25(15-17-9-5-3-6-10-17)16-18(14-24)22(20)26(21)19-11-7-4-8-12-19/h3-12,16,20-22H,2,13,15H2,1H3/t20-,21+,22+/m0/s1. The van der Waals surface area contributed by atoms with Crippen LogP contribution in [0.4, 0.5) is 5.69 Å². The van der Waals surface area contributed by atoms with Gasteiger partial charge in [-0.2, -0.15) is 5.26 Å². The molecular formula is C23H23N3O2. The number of ether oxygens (including phenoxy) is 1. The lowest BCUT2D eigenvalue weighted by atomic mass is 9.94. The Morgan fingerprint density at radius 1 is 1.14 bits per heavy atom. The van der Waals surface area contributed by atoms with Gasteiger partial charge in [-0.3, -0.25) is 4.79 Å². The molecule has 28 heavy (non-hydrogen) atoms. The molecule has 2 heterocycles. The maximum Gasteiger partial charge on any atom is 0.311 e. The van der Waals surface area contributed by atoms with Crippen molar-refractivity contribution in [3.63, 3.8) is 0 Å². The minimum Gasteiger partial charge on any atom is -0.466 e. The largest absolute Gasteiger partial charge is 0.466 e. The Morgan fingerprint density at radius 2 is 1.82 bits per heavy atom. The molecule has 2 aromatic rings. The van der Waals surface area contributed by atoms with Gasteiger partial charge in [0.15, 0.2) is 0 Å². The van der Waals surface area contributed by atoms with E-state index in [9.17, 15) is 10.1 Å². The predicted molar refractivity (Wildman–Crippen MR) is 107 cm³/mol. The number of rotatable bonds is 5. The van der Waals surface area contributed by atoms with Crippen LogP contribution in [-0.2, 0) is 16.1 Å². The summed E-state index contributed by atoms with van der Waals surface area (Å²) in [7, 11) is 0. The molecule has 5 nitrogen and oxygen atoms in total. The van der Waals surface area contributed by atoms with Crippen molar-refractivity contribution in [1.29, 1.82) is 5.26 Å². The highest BCUT2D eigenvalue weighted by Gasteiger charge is 2.51. The van der Waals surface area contributed by atoms with Crippen LogP contribution in [0.15, 0.2) is 72.4 Å². The van der Waals surface area contributed by atoms with E-state index in [-0.39, 0.29) is 24.1 Å². The molecule has 2 bridgehead atoms. The summed E-state index contributed by atoms with van der Waals surface area (Å²) in [5, 5.41) is 9.87. The average molecular weight is 373 g/mol. The minimum absolute atomic E-state index is 0.000822. The van der Waals surface area contributed by atoms with Gasteiger partial charge in [-0.05, 0) is 24.6 Å². The topological polar surface area (TPSA) is 56.6 Å². The van der Waals surface area contributed by atoms with Crippen LogP contribution < -0.4 is 4.90 Å². The molecule has 0 spiro atoms. The van der Waals surface area contributed by atoms with Crippen LogP contribution in [0, 0.1) is 17.2 Å². The van der Waals surface area contributed by atoms with Crippen LogP contribution in [0.1, 0.15) is 18.9 Å². The van der Waals surface area contributed by atoms with Crippen molar-refractivity contribution < 1.29 is 9.53 Å². The van der Waals surface area contributed by atoms with Gasteiger partial charge in [-0.15, -0.1) is 0 Å². The van der Waals surface area contributed by atoms with Gasteiger partial charge >= 0.3 is 5.97 Å². The van der Waals surface area contributed by atoms with Crippen molar-refractivity contribution in [2.24, 2.45) is 5.92 Å².